The highest BCUT2D eigenvalue weighted by Crippen LogP contribution is 2.33. The van der Waals surface area contributed by atoms with Gasteiger partial charge in [-0.3, -0.25) is 0 Å². The van der Waals surface area contributed by atoms with Crippen molar-refractivity contribution >= 4 is 22.6 Å². The van der Waals surface area contributed by atoms with Gasteiger partial charge in [-0.2, -0.15) is 5.26 Å². The SMILES string of the molecule is CC(C)Cc1ccc(-c2csc(/C(C#N)=C/Nc3ccc4c(c3)OCCO4)n2)cc1. The standard InChI is InChI=1S/C24H23N3O2S/c1-16(2)11-17-3-5-18(6-4-17)21-15-30-24(27-21)19(13-25)14-26-20-7-8-22-23(12-20)29-10-9-28-22/h3-8,12,14-16,26H,9-11H2,1-2H3/b19-14+. The van der Waals surface area contributed by atoms with E-state index >= 15 is 0 Å². The van der Waals surface area contributed by atoms with E-state index in [0.29, 0.717) is 35.5 Å². The fourth-order valence-electron chi connectivity index (χ4n) is 3.24. The van der Waals surface area contributed by atoms with Crippen molar-refractivity contribution < 1.29 is 9.47 Å². The third kappa shape index (κ3) is 4.64. The molecule has 0 spiro atoms. The van der Waals surface area contributed by atoms with Crippen LogP contribution in [0.1, 0.15) is 24.4 Å². The number of rotatable bonds is 6. The third-order valence-electron chi connectivity index (χ3n) is 4.67. The predicted molar refractivity (Wildman–Crippen MR) is 121 cm³/mol. The summed E-state index contributed by atoms with van der Waals surface area (Å²) in [5.74, 6) is 2.07. The maximum Gasteiger partial charge on any atom is 0.163 e. The van der Waals surface area contributed by atoms with Gasteiger partial charge >= 0.3 is 0 Å². The minimum absolute atomic E-state index is 0.484. The molecule has 0 bridgehead atoms. The normalized spacial score (nSPS) is 13.2. The van der Waals surface area contributed by atoms with Gasteiger partial charge in [-0.15, -0.1) is 11.3 Å². The highest BCUT2D eigenvalue weighted by Gasteiger charge is 2.12. The number of nitriles is 1. The van der Waals surface area contributed by atoms with Gasteiger partial charge in [0.2, 0.25) is 0 Å². The lowest BCUT2D eigenvalue weighted by Gasteiger charge is -2.18. The number of hydrogen-bond acceptors (Lipinski definition) is 6. The molecule has 6 heteroatoms. The fraction of sp³-hybridized carbons (Fsp3) is 0.250. The number of ether oxygens (including phenoxy) is 2. The number of thiazole rings is 1. The number of aromatic nitrogens is 1. The molecule has 2 aromatic carbocycles. The molecule has 0 fully saturated rings. The highest BCUT2D eigenvalue weighted by molar-refractivity contribution is 7.11. The Morgan fingerprint density at radius 3 is 2.67 bits per heavy atom. The molecule has 4 rings (SSSR count). The molecule has 0 unspecified atom stereocenters. The minimum Gasteiger partial charge on any atom is -0.486 e. The smallest absolute Gasteiger partial charge is 0.163 e. The van der Waals surface area contributed by atoms with Gasteiger partial charge in [0.1, 0.15) is 29.9 Å². The molecule has 0 atom stereocenters. The van der Waals surface area contributed by atoms with Crippen LogP contribution >= 0.6 is 11.3 Å². The van der Waals surface area contributed by atoms with Crippen LogP contribution in [0.5, 0.6) is 11.5 Å². The van der Waals surface area contributed by atoms with Gasteiger partial charge in [0.15, 0.2) is 11.5 Å². The van der Waals surface area contributed by atoms with E-state index < -0.39 is 0 Å². The maximum atomic E-state index is 9.61. The molecule has 0 radical (unpaired) electrons. The molecule has 2 heterocycles. The van der Waals surface area contributed by atoms with Crippen LogP contribution in [0.2, 0.25) is 0 Å². The molecule has 3 aromatic rings. The summed E-state index contributed by atoms with van der Waals surface area (Å²) in [5, 5.41) is 15.5. The largest absolute Gasteiger partial charge is 0.486 e. The van der Waals surface area contributed by atoms with Crippen LogP contribution in [0.15, 0.2) is 54.0 Å². The van der Waals surface area contributed by atoms with Crippen molar-refractivity contribution in [3.05, 3.63) is 64.6 Å². The van der Waals surface area contributed by atoms with E-state index in [4.69, 9.17) is 9.47 Å². The lowest BCUT2D eigenvalue weighted by Crippen LogP contribution is -2.15. The van der Waals surface area contributed by atoms with Crippen molar-refractivity contribution in [3.63, 3.8) is 0 Å². The van der Waals surface area contributed by atoms with Crippen molar-refractivity contribution in [2.45, 2.75) is 20.3 Å². The summed E-state index contributed by atoms with van der Waals surface area (Å²) in [5.41, 5.74) is 4.57. The van der Waals surface area contributed by atoms with E-state index in [1.165, 1.54) is 16.9 Å². The second kappa shape index (κ2) is 9.02. The molecule has 0 amide bonds. The summed E-state index contributed by atoms with van der Waals surface area (Å²) in [6.07, 6.45) is 2.75. The number of hydrogen-bond donors (Lipinski definition) is 1. The molecule has 0 aliphatic carbocycles. The van der Waals surface area contributed by atoms with E-state index in [2.05, 4.69) is 54.5 Å². The highest BCUT2D eigenvalue weighted by atomic mass is 32.1. The molecule has 152 valence electrons. The minimum atomic E-state index is 0.484. The van der Waals surface area contributed by atoms with Gasteiger partial charge in [-0.1, -0.05) is 38.1 Å². The fourth-order valence-corrected chi connectivity index (χ4v) is 4.04. The first-order valence-electron chi connectivity index (χ1n) is 9.94. The van der Waals surface area contributed by atoms with Crippen LogP contribution in [0.4, 0.5) is 5.69 Å². The van der Waals surface area contributed by atoms with E-state index in [1.54, 1.807) is 6.20 Å². The summed E-state index contributed by atoms with van der Waals surface area (Å²) < 4.78 is 11.1. The van der Waals surface area contributed by atoms with Crippen LogP contribution in [0.25, 0.3) is 16.8 Å². The quantitative estimate of drug-likeness (QED) is 0.517. The summed E-state index contributed by atoms with van der Waals surface area (Å²) in [4.78, 5) is 4.67. The van der Waals surface area contributed by atoms with Gasteiger partial charge in [-0.25, -0.2) is 4.98 Å². The van der Waals surface area contributed by atoms with Crippen molar-refractivity contribution in [1.82, 2.24) is 4.98 Å². The Balaban J connectivity index is 1.49. The topological polar surface area (TPSA) is 67.2 Å². The average molecular weight is 418 g/mol. The summed E-state index contributed by atoms with van der Waals surface area (Å²) in [7, 11) is 0. The van der Waals surface area contributed by atoms with Gasteiger partial charge in [0.25, 0.3) is 0 Å². The van der Waals surface area contributed by atoms with Gasteiger partial charge in [0.05, 0.1) is 5.69 Å². The van der Waals surface area contributed by atoms with E-state index in [9.17, 15) is 5.26 Å². The first-order chi connectivity index (χ1) is 14.6. The van der Waals surface area contributed by atoms with Crippen molar-refractivity contribution in [3.8, 4) is 28.8 Å². The Bertz CT molecular complexity index is 1090. The second-order valence-electron chi connectivity index (χ2n) is 7.51. The first-order valence-corrected chi connectivity index (χ1v) is 10.8. The number of nitrogens with one attached hydrogen (secondary N) is 1. The summed E-state index contributed by atoms with van der Waals surface area (Å²) in [6, 6.07) is 16.4. The summed E-state index contributed by atoms with van der Waals surface area (Å²) in [6.45, 7) is 5.53. The lowest BCUT2D eigenvalue weighted by molar-refractivity contribution is 0.171. The zero-order valence-corrected chi connectivity index (χ0v) is 17.8. The monoisotopic (exact) mass is 417 g/mol. The maximum absolute atomic E-state index is 9.61. The van der Waals surface area contributed by atoms with E-state index in [0.717, 1.165) is 29.1 Å². The molecule has 1 aliphatic rings. The molecular weight excluding hydrogens is 394 g/mol. The number of fused-ring (bicyclic) bond motifs is 1. The molecular formula is C24H23N3O2S. The van der Waals surface area contributed by atoms with E-state index in [-0.39, 0.29) is 0 Å². The molecule has 30 heavy (non-hydrogen) atoms. The lowest BCUT2D eigenvalue weighted by atomic mass is 10.0. The number of nitrogens with zero attached hydrogens (tertiary/aromatic N) is 2. The van der Waals surface area contributed by atoms with Crippen molar-refractivity contribution in [1.29, 1.82) is 5.26 Å². The third-order valence-corrected chi connectivity index (χ3v) is 5.55. The van der Waals surface area contributed by atoms with Crippen molar-refractivity contribution in [2.75, 3.05) is 18.5 Å². The van der Waals surface area contributed by atoms with Gasteiger partial charge in [-0.05, 0) is 30.0 Å². The molecule has 0 saturated heterocycles. The first kappa shape index (κ1) is 20.0. The van der Waals surface area contributed by atoms with Crippen LogP contribution in [-0.4, -0.2) is 18.2 Å². The van der Waals surface area contributed by atoms with Gasteiger partial charge < -0.3 is 14.8 Å². The van der Waals surface area contributed by atoms with Crippen LogP contribution in [0.3, 0.4) is 0 Å². The van der Waals surface area contributed by atoms with Crippen LogP contribution in [-0.2, 0) is 6.42 Å². The Kier molecular flexibility index (Phi) is 6.01. The summed E-state index contributed by atoms with van der Waals surface area (Å²) >= 11 is 1.46. The van der Waals surface area contributed by atoms with E-state index in [1.807, 2.05) is 23.6 Å². The number of anilines is 1. The Morgan fingerprint density at radius 1 is 1.17 bits per heavy atom. The molecule has 0 saturated carbocycles. The predicted octanol–water partition coefficient (Wildman–Crippen LogP) is 5.76. The average Bonchev–Trinajstić information content (AvgIpc) is 3.24. The zero-order valence-electron chi connectivity index (χ0n) is 17.0. The Morgan fingerprint density at radius 2 is 1.93 bits per heavy atom. The molecule has 1 N–H and O–H groups in total. The Labute approximate surface area is 180 Å². The molecule has 1 aliphatic heterocycles. The van der Waals surface area contributed by atoms with Crippen molar-refractivity contribution in [2.24, 2.45) is 5.92 Å². The number of benzene rings is 2. The molecule has 1 aromatic heterocycles. The zero-order chi connectivity index (χ0) is 20.9. The molecule has 5 nitrogen and oxygen atoms in total. The van der Waals surface area contributed by atoms with Crippen LogP contribution < -0.4 is 14.8 Å². The van der Waals surface area contributed by atoms with Gasteiger partial charge in [0, 0.05) is 28.9 Å². The second-order valence-corrected chi connectivity index (χ2v) is 8.36. The Hall–Kier alpha value is -3.30. The number of allylic oxidation sites excluding steroid dienone is 1. The van der Waals surface area contributed by atoms with Crippen LogP contribution in [0, 0.1) is 17.2 Å².